The van der Waals surface area contributed by atoms with Gasteiger partial charge in [-0.25, -0.2) is 0 Å². The predicted molar refractivity (Wildman–Crippen MR) is 124 cm³/mol. The molecule has 6 aromatic rings. The van der Waals surface area contributed by atoms with E-state index in [1.165, 1.54) is 0 Å². The van der Waals surface area contributed by atoms with Gasteiger partial charge in [0.2, 0.25) is 0 Å². The van der Waals surface area contributed by atoms with Crippen molar-refractivity contribution in [2.75, 3.05) is 0 Å². The van der Waals surface area contributed by atoms with Crippen LogP contribution in [0, 0.1) is 0 Å². The van der Waals surface area contributed by atoms with Gasteiger partial charge in [0.05, 0.1) is 0 Å². The van der Waals surface area contributed by atoms with E-state index in [-0.39, 0.29) is 0 Å². The highest BCUT2D eigenvalue weighted by Crippen LogP contribution is 2.36. The second-order valence-corrected chi connectivity index (χ2v) is 7.59. The Bertz CT molecular complexity index is 1580. The average molecular weight is 388 g/mol. The smallest absolute Gasteiger partial charge is 0.456 e. The fourth-order valence-corrected chi connectivity index (χ4v) is 4.54. The lowest BCUT2D eigenvalue weighted by molar-refractivity contribution is 0.426. The molecule has 1 aromatic heterocycles. The van der Waals surface area contributed by atoms with Gasteiger partial charge in [0, 0.05) is 10.8 Å². The molecule has 0 saturated carbocycles. The van der Waals surface area contributed by atoms with Gasteiger partial charge < -0.3 is 14.5 Å². The molecule has 4 heteroatoms. The summed E-state index contributed by atoms with van der Waals surface area (Å²) in [6, 6.07) is 30.1. The summed E-state index contributed by atoms with van der Waals surface area (Å²) in [5.74, 6) is 0. The first-order valence-corrected chi connectivity index (χ1v) is 9.93. The van der Waals surface area contributed by atoms with Crippen molar-refractivity contribution < 1.29 is 14.5 Å². The van der Waals surface area contributed by atoms with Crippen LogP contribution in [0.25, 0.3) is 54.6 Å². The fourth-order valence-electron chi connectivity index (χ4n) is 4.54. The number of hydrogen-bond acceptors (Lipinski definition) is 3. The van der Waals surface area contributed by atoms with Crippen molar-refractivity contribution in [3.05, 3.63) is 91.0 Å². The first kappa shape index (κ1) is 17.3. The van der Waals surface area contributed by atoms with E-state index < -0.39 is 7.12 Å². The highest BCUT2D eigenvalue weighted by Gasteiger charge is 2.21. The highest BCUT2D eigenvalue weighted by atomic mass is 16.4. The van der Waals surface area contributed by atoms with Gasteiger partial charge in [-0.2, -0.15) is 0 Å². The summed E-state index contributed by atoms with van der Waals surface area (Å²) in [5.41, 5.74) is 3.91. The second-order valence-electron chi connectivity index (χ2n) is 7.59. The van der Waals surface area contributed by atoms with Crippen LogP contribution in [-0.4, -0.2) is 17.2 Å². The summed E-state index contributed by atoms with van der Waals surface area (Å²) in [7, 11) is -1.57. The molecule has 0 aliphatic carbocycles. The van der Waals surface area contributed by atoms with Crippen molar-refractivity contribution in [1.29, 1.82) is 0 Å². The minimum absolute atomic E-state index is 0.519. The van der Waals surface area contributed by atoms with E-state index in [0.717, 1.165) is 54.6 Å². The van der Waals surface area contributed by atoms with Crippen LogP contribution in [0.15, 0.2) is 95.4 Å². The van der Waals surface area contributed by atoms with E-state index in [9.17, 15) is 10.0 Å². The SMILES string of the molecule is OB(O)c1c(-c2ccc3oc4ccc5ccccc5c4c3c2)ccc2ccccc12. The van der Waals surface area contributed by atoms with Crippen LogP contribution in [0.4, 0.5) is 0 Å². The molecule has 0 bridgehead atoms. The molecule has 6 rings (SSSR count). The number of furan rings is 1. The normalized spacial score (nSPS) is 11.7. The molecule has 142 valence electrons. The molecule has 30 heavy (non-hydrogen) atoms. The lowest BCUT2D eigenvalue weighted by Crippen LogP contribution is -2.32. The van der Waals surface area contributed by atoms with Gasteiger partial charge in [0.1, 0.15) is 11.2 Å². The van der Waals surface area contributed by atoms with E-state index in [1.807, 2.05) is 66.7 Å². The molecule has 0 atom stereocenters. The van der Waals surface area contributed by atoms with Crippen molar-refractivity contribution in [2.45, 2.75) is 0 Å². The Balaban J connectivity index is 1.69. The molecule has 3 nitrogen and oxygen atoms in total. The molecular weight excluding hydrogens is 371 g/mol. The van der Waals surface area contributed by atoms with Crippen molar-refractivity contribution in [3.8, 4) is 11.1 Å². The van der Waals surface area contributed by atoms with Crippen LogP contribution in [0.2, 0.25) is 0 Å². The fraction of sp³-hybridized carbons (Fsp3) is 0. The van der Waals surface area contributed by atoms with Gasteiger partial charge in [0.25, 0.3) is 0 Å². The van der Waals surface area contributed by atoms with Crippen LogP contribution < -0.4 is 5.46 Å². The van der Waals surface area contributed by atoms with Crippen LogP contribution in [0.5, 0.6) is 0 Å². The highest BCUT2D eigenvalue weighted by molar-refractivity contribution is 6.64. The summed E-state index contributed by atoms with van der Waals surface area (Å²) in [6.45, 7) is 0. The maximum Gasteiger partial charge on any atom is 0.489 e. The molecule has 0 unspecified atom stereocenters. The Morgan fingerprint density at radius 2 is 1.27 bits per heavy atom. The number of rotatable bonds is 2. The molecule has 0 amide bonds. The van der Waals surface area contributed by atoms with Gasteiger partial charge in [-0.15, -0.1) is 0 Å². The molecule has 0 fully saturated rings. The topological polar surface area (TPSA) is 53.6 Å². The van der Waals surface area contributed by atoms with E-state index in [0.29, 0.717) is 5.46 Å². The summed E-state index contributed by atoms with van der Waals surface area (Å²) in [5, 5.41) is 26.6. The number of hydrogen-bond donors (Lipinski definition) is 2. The van der Waals surface area contributed by atoms with Crippen molar-refractivity contribution in [1.82, 2.24) is 0 Å². The van der Waals surface area contributed by atoms with Gasteiger partial charge >= 0.3 is 7.12 Å². The molecule has 0 aliphatic heterocycles. The van der Waals surface area contributed by atoms with Crippen molar-refractivity contribution in [3.63, 3.8) is 0 Å². The quantitative estimate of drug-likeness (QED) is 0.399. The third kappa shape index (κ3) is 2.48. The van der Waals surface area contributed by atoms with Crippen LogP contribution in [0.1, 0.15) is 0 Å². The molecular formula is C26H17BO3. The summed E-state index contributed by atoms with van der Waals surface area (Å²) in [6.07, 6.45) is 0. The summed E-state index contributed by atoms with van der Waals surface area (Å²) >= 11 is 0. The Hall–Kier alpha value is -3.60. The second kappa shape index (κ2) is 6.46. The van der Waals surface area contributed by atoms with Gasteiger partial charge in [-0.05, 0) is 56.3 Å². The molecule has 5 aromatic carbocycles. The Labute approximate surface area is 172 Å². The lowest BCUT2D eigenvalue weighted by Gasteiger charge is -2.13. The maximum atomic E-state index is 10.2. The van der Waals surface area contributed by atoms with E-state index >= 15 is 0 Å². The summed E-state index contributed by atoms with van der Waals surface area (Å²) < 4.78 is 6.10. The first-order chi connectivity index (χ1) is 14.7. The van der Waals surface area contributed by atoms with Crippen molar-refractivity contribution in [2.24, 2.45) is 0 Å². The van der Waals surface area contributed by atoms with E-state index in [2.05, 4.69) is 24.3 Å². The van der Waals surface area contributed by atoms with Crippen LogP contribution in [0.3, 0.4) is 0 Å². The van der Waals surface area contributed by atoms with E-state index in [1.54, 1.807) is 0 Å². The maximum absolute atomic E-state index is 10.2. The minimum atomic E-state index is -1.57. The standard InChI is InChI=1S/C26H17BO3/c28-27(29)26-20-8-4-2-6-17(20)9-12-21(26)18-11-13-23-22(15-18)25-19-7-3-1-5-16(19)10-14-24(25)30-23/h1-15,28-29H. The number of benzene rings is 5. The zero-order chi connectivity index (χ0) is 20.2. The lowest BCUT2D eigenvalue weighted by atomic mass is 9.72. The monoisotopic (exact) mass is 388 g/mol. The van der Waals surface area contributed by atoms with Gasteiger partial charge in [0.15, 0.2) is 0 Å². The third-order valence-corrected chi connectivity index (χ3v) is 5.90. The number of fused-ring (bicyclic) bond motifs is 6. The zero-order valence-electron chi connectivity index (χ0n) is 16.0. The first-order valence-electron chi connectivity index (χ1n) is 9.93. The van der Waals surface area contributed by atoms with Gasteiger partial charge in [-0.1, -0.05) is 72.8 Å². The summed E-state index contributed by atoms with van der Waals surface area (Å²) in [4.78, 5) is 0. The van der Waals surface area contributed by atoms with Crippen LogP contribution in [-0.2, 0) is 0 Å². The zero-order valence-corrected chi connectivity index (χ0v) is 16.0. The Kier molecular flexibility index (Phi) is 3.72. The molecule has 0 saturated heterocycles. The third-order valence-electron chi connectivity index (χ3n) is 5.90. The molecule has 0 aliphatic rings. The predicted octanol–water partition coefficient (Wildman–Crippen LogP) is 5.24. The minimum Gasteiger partial charge on any atom is -0.456 e. The van der Waals surface area contributed by atoms with Crippen molar-refractivity contribution >= 4 is 56.1 Å². The van der Waals surface area contributed by atoms with Crippen LogP contribution >= 0.6 is 0 Å². The van der Waals surface area contributed by atoms with E-state index in [4.69, 9.17) is 4.42 Å². The average Bonchev–Trinajstić information content (AvgIpc) is 3.16. The Morgan fingerprint density at radius 3 is 2.07 bits per heavy atom. The van der Waals surface area contributed by atoms with Gasteiger partial charge in [-0.3, -0.25) is 0 Å². The molecule has 0 radical (unpaired) electrons. The molecule has 1 heterocycles. The largest absolute Gasteiger partial charge is 0.489 e. The Morgan fingerprint density at radius 1 is 0.600 bits per heavy atom. The molecule has 0 spiro atoms. The molecule has 2 N–H and O–H groups in total.